The van der Waals surface area contributed by atoms with Crippen LogP contribution in [0.5, 0.6) is 0 Å². The molecule has 1 atom stereocenters. The summed E-state index contributed by atoms with van der Waals surface area (Å²) in [4.78, 5) is 17.0. The van der Waals surface area contributed by atoms with Crippen molar-refractivity contribution in [2.75, 3.05) is 0 Å². The number of aromatic nitrogens is 1. The van der Waals surface area contributed by atoms with E-state index in [0.29, 0.717) is 40.5 Å². The standard InChI is InChI=1S/C19H19NO4S/c1-10-15-12(21)8-19(2,3)9-14(15)23-16(10)17(22)25-18-20-11-6-4-5-7-13(11)24-18/h4-7,12,21H,8-9H2,1-3H3. The van der Waals surface area contributed by atoms with Crippen LogP contribution in [0.4, 0.5) is 0 Å². The molecule has 0 bridgehead atoms. The molecule has 0 aliphatic heterocycles. The van der Waals surface area contributed by atoms with Gasteiger partial charge in [0.15, 0.2) is 11.3 Å². The number of nitrogens with zero attached hydrogens (tertiary/aromatic N) is 1. The summed E-state index contributed by atoms with van der Waals surface area (Å²) in [5.41, 5.74) is 2.79. The Morgan fingerprint density at radius 2 is 2.08 bits per heavy atom. The summed E-state index contributed by atoms with van der Waals surface area (Å²) >= 11 is 0.909. The number of aliphatic hydroxyl groups is 1. The molecule has 0 amide bonds. The third-order valence-electron chi connectivity index (χ3n) is 4.63. The molecular weight excluding hydrogens is 338 g/mol. The van der Waals surface area contributed by atoms with Gasteiger partial charge in [0.1, 0.15) is 11.3 Å². The van der Waals surface area contributed by atoms with Crippen LogP contribution < -0.4 is 0 Å². The van der Waals surface area contributed by atoms with Crippen LogP contribution in [0.25, 0.3) is 11.1 Å². The van der Waals surface area contributed by atoms with Crippen molar-refractivity contribution >= 4 is 28.0 Å². The molecule has 1 unspecified atom stereocenters. The van der Waals surface area contributed by atoms with Crippen LogP contribution in [0.2, 0.25) is 0 Å². The van der Waals surface area contributed by atoms with Gasteiger partial charge < -0.3 is 13.9 Å². The van der Waals surface area contributed by atoms with E-state index >= 15 is 0 Å². The first-order valence-corrected chi connectivity index (χ1v) is 9.04. The summed E-state index contributed by atoms with van der Waals surface area (Å²) in [7, 11) is 0. The Morgan fingerprint density at radius 3 is 2.84 bits per heavy atom. The van der Waals surface area contributed by atoms with E-state index in [1.165, 1.54) is 0 Å². The van der Waals surface area contributed by atoms with Crippen molar-refractivity contribution in [2.45, 2.75) is 44.9 Å². The van der Waals surface area contributed by atoms with Gasteiger partial charge in [-0.3, -0.25) is 4.79 Å². The van der Waals surface area contributed by atoms with Gasteiger partial charge in [-0.05, 0) is 30.9 Å². The second-order valence-electron chi connectivity index (χ2n) is 7.29. The smallest absolute Gasteiger partial charge is 0.264 e. The normalized spacial score (nSPS) is 19.1. The first kappa shape index (κ1) is 16.4. The fraction of sp³-hybridized carbons (Fsp3) is 0.368. The number of thioether (sulfide) groups is 1. The molecule has 2 aromatic heterocycles. The van der Waals surface area contributed by atoms with E-state index in [4.69, 9.17) is 8.83 Å². The number of carbonyl (C=O) groups is 1. The van der Waals surface area contributed by atoms with Gasteiger partial charge >= 0.3 is 0 Å². The molecule has 0 spiro atoms. The van der Waals surface area contributed by atoms with Crippen molar-refractivity contribution in [2.24, 2.45) is 5.41 Å². The van der Waals surface area contributed by atoms with Crippen LogP contribution in [0.15, 0.2) is 38.3 Å². The second kappa shape index (κ2) is 5.75. The largest absolute Gasteiger partial charge is 0.456 e. The van der Waals surface area contributed by atoms with Crippen LogP contribution >= 0.6 is 11.8 Å². The quantitative estimate of drug-likeness (QED) is 0.672. The number of hydrogen-bond acceptors (Lipinski definition) is 6. The average molecular weight is 357 g/mol. The van der Waals surface area contributed by atoms with Crippen LogP contribution in [0.1, 0.15) is 53.8 Å². The van der Waals surface area contributed by atoms with Gasteiger partial charge in [-0.2, -0.15) is 0 Å². The zero-order chi connectivity index (χ0) is 17.8. The summed E-state index contributed by atoms with van der Waals surface area (Å²) in [6, 6.07) is 7.38. The Balaban J connectivity index is 1.65. The third-order valence-corrected chi connectivity index (χ3v) is 5.35. The van der Waals surface area contributed by atoms with E-state index in [0.717, 1.165) is 17.3 Å². The van der Waals surface area contributed by atoms with Crippen LogP contribution in [-0.2, 0) is 6.42 Å². The molecule has 130 valence electrons. The number of carbonyl (C=O) groups excluding carboxylic acids is 1. The van der Waals surface area contributed by atoms with Gasteiger partial charge in [0, 0.05) is 29.3 Å². The van der Waals surface area contributed by atoms with Crippen molar-refractivity contribution in [3.8, 4) is 0 Å². The number of furan rings is 1. The Kier molecular flexibility index (Phi) is 3.77. The molecule has 3 aromatic rings. The summed E-state index contributed by atoms with van der Waals surface area (Å²) in [5, 5.41) is 10.5. The number of aliphatic hydroxyl groups excluding tert-OH is 1. The Morgan fingerprint density at radius 1 is 1.32 bits per heavy atom. The highest BCUT2D eigenvalue weighted by Gasteiger charge is 2.37. The number of benzene rings is 1. The minimum Gasteiger partial charge on any atom is -0.456 e. The predicted molar refractivity (Wildman–Crippen MR) is 94.7 cm³/mol. The van der Waals surface area contributed by atoms with Crippen molar-refractivity contribution in [1.82, 2.24) is 4.98 Å². The molecule has 2 heterocycles. The molecule has 1 aliphatic carbocycles. The van der Waals surface area contributed by atoms with Gasteiger partial charge in [-0.1, -0.05) is 26.0 Å². The molecule has 0 fully saturated rings. The Bertz CT molecular complexity index is 936. The van der Waals surface area contributed by atoms with Crippen molar-refractivity contribution < 1.29 is 18.7 Å². The highest BCUT2D eigenvalue weighted by atomic mass is 32.2. The second-order valence-corrected chi connectivity index (χ2v) is 8.22. The molecule has 0 saturated carbocycles. The zero-order valence-corrected chi connectivity index (χ0v) is 15.1. The van der Waals surface area contributed by atoms with Gasteiger partial charge in [0.25, 0.3) is 10.3 Å². The first-order chi connectivity index (χ1) is 11.8. The lowest BCUT2D eigenvalue weighted by molar-refractivity contribution is 0.0919. The molecule has 5 nitrogen and oxygen atoms in total. The summed E-state index contributed by atoms with van der Waals surface area (Å²) in [6.45, 7) is 6.00. The van der Waals surface area contributed by atoms with E-state index in [9.17, 15) is 9.90 Å². The molecule has 6 heteroatoms. The number of fused-ring (bicyclic) bond motifs is 2. The third kappa shape index (κ3) is 2.89. The molecule has 0 saturated heterocycles. The molecule has 1 N–H and O–H groups in total. The van der Waals surface area contributed by atoms with E-state index < -0.39 is 6.10 Å². The molecular formula is C19H19NO4S. The Labute approximate surface area is 149 Å². The Hall–Kier alpha value is -2.05. The van der Waals surface area contributed by atoms with E-state index in [2.05, 4.69) is 18.8 Å². The minimum absolute atomic E-state index is 0.0511. The fourth-order valence-corrected chi connectivity index (χ4v) is 4.22. The number of rotatable bonds is 2. The first-order valence-electron chi connectivity index (χ1n) is 8.22. The highest BCUT2D eigenvalue weighted by Crippen LogP contribution is 2.44. The summed E-state index contributed by atoms with van der Waals surface area (Å²) in [6.07, 6.45) is 0.770. The molecule has 1 aliphatic rings. The van der Waals surface area contributed by atoms with Crippen LogP contribution in [0, 0.1) is 12.3 Å². The number of para-hydroxylation sites is 2. The monoisotopic (exact) mass is 357 g/mol. The van der Waals surface area contributed by atoms with Crippen LogP contribution in [0.3, 0.4) is 0 Å². The average Bonchev–Trinajstić information content (AvgIpc) is 3.06. The van der Waals surface area contributed by atoms with Crippen molar-refractivity contribution in [3.63, 3.8) is 0 Å². The summed E-state index contributed by atoms with van der Waals surface area (Å²) < 4.78 is 11.4. The maximum atomic E-state index is 12.7. The lowest BCUT2D eigenvalue weighted by atomic mass is 9.75. The maximum absolute atomic E-state index is 12.7. The van der Waals surface area contributed by atoms with Crippen molar-refractivity contribution in [3.05, 3.63) is 46.9 Å². The fourth-order valence-electron chi connectivity index (χ4n) is 3.50. The highest BCUT2D eigenvalue weighted by molar-refractivity contribution is 8.13. The zero-order valence-electron chi connectivity index (χ0n) is 14.3. The summed E-state index contributed by atoms with van der Waals surface area (Å²) in [5.74, 6) is 0.983. The van der Waals surface area contributed by atoms with Gasteiger partial charge in [-0.25, -0.2) is 4.98 Å². The van der Waals surface area contributed by atoms with E-state index in [-0.39, 0.29) is 16.3 Å². The topological polar surface area (TPSA) is 76.5 Å². The molecule has 25 heavy (non-hydrogen) atoms. The van der Waals surface area contributed by atoms with Gasteiger partial charge in [-0.15, -0.1) is 0 Å². The van der Waals surface area contributed by atoms with E-state index in [1.54, 1.807) is 0 Å². The molecule has 4 rings (SSSR count). The molecule has 1 aromatic carbocycles. The van der Waals surface area contributed by atoms with Crippen LogP contribution in [-0.4, -0.2) is 15.2 Å². The predicted octanol–water partition coefficient (Wildman–Crippen LogP) is 4.67. The van der Waals surface area contributed by atoms with Gasteiger partial charge in [0.05, 0.1) is 6.10 Å². The lowest BCUT2D eigenvalue weighted by Gasteiger charge is -2.31. The molecule has 0 radical (unpaired) electrons. The number of oxazole rings is 1. The minimum atomic E-state index is -0.599. The SMILES string of the molecule is Cc1c(C(=O)Sc2nc3ccccc3o2)oc2c1C(O)CC(C)(C)C2. The lowest BCUT2D eigenvalue weighted by Crippen LogP contribution is -2.24. The number of hydrogen-bond donors (Lipinski definition) is 1. The van der Waals surface area contributed by atoms with E-state index in [1.807, 2.05) is 31.2 Å². The van der Waals surface area contributed by atoms with Crippen molar-refractivity contribution in [1.29, 1.82) is 0 Å². The van der Waals surface area contributed by atoms with Gasteiger partial charge in [0.2, 0.25) is 0 Å². The maximum Gasteiger partial charge on any atom is 0.264 e.